The van der Waals surface area contributed by atoms with E-state index in [9.17, 15) is 4.39 Å². The van der Waals surface area contributed by atoms with Crippen molar-refractivity contribution in [3.63, 3.8) is 0 Å². The molecule has 2 rings (SSSR count). The Labute approximate surface area is 120 Å². The Morgan fingerprint density at radius 1 is 1.40 bits per heavy atom. The molecule has 3 nitrogen and oxygen atoms in total. The third kappa shape index (κ3) is 3.19. The molecule has 20 heavy (non-hydrogen) atoms. The molecule has 1 aliphatic carbocycles. The molecule has 0 heterocycles. The fraction of sp³-hybridized carbons (Fsp3) is 0.625. The molecule has 0 radical (unpaired) electrons. The van der Waals surface area contributed by atoms with Crippen LogP contribution in [0.25, 0.3) is 0 Å². The molecule has 0 saturated heterocycles. The number of hydrogen-bond donors (Lipinski definition) is 2. The van der Waals surface area contributed by atoms with Crippen LogP contribution in [0.4, 0.5) is 4.39 Å². The first-order valence-corrected chi connectivity index (χ1v) is 7.36. The van der Waals surface area contributed by atoms with Crippen molar-refractivity contribution in [1.82, 2.24) is 5.43 Å². The van der Waals surface area contributed by atoms with E-state index in [1.807, 2.05) is 12.1 Å². The number of ether oxygens (including phenoxy) is 1. The average Bonchev–Trinajstić information content (AvgIpc) is 2.48. The van der Waals surface area contributed by atoms with Gasteiger partial charge in [-0.3, -0.25) is 11.3 Å². The molecule has 1 unspecified atom stereocenters. The van der Waals surface area contributed by atoms with E-state index in [-0.39, 0.29) is 17.5 Å². The molecular formula is C16H25FN2O. The van der Waals surface area contributed by atoms with E-state index in [2.05, 4.69) is 12.3 Å². The monoisotopic (exact) mass is 280 g/mol. The summed E-state index contributed by atoms with van der Waals surface area (Å²) in [6.07, 6.45) is 4.74. The molecule has 1 aromatic carbocycles. The van der Waals surface area contributed by atoms with Gasteiger partial charge >= 0.3 is 0 Å². The molecule has 112 valence electrons. The van der Waals surface area contributed by atoms with Crippen LogP contribution in [0.1, 0.15) is 38.2 Å². The van der Waals surface area contributed by atoms with Crippen LogP contribution in [-0.4, -0.2) is 18.8 Å². The minimum absolute atomic E-state index is 0.0723. The van der Waals surface area contributed by atoms with Crippen LogP contribution in [0.2, 0.25) is 0 Å². The number of benzene rings is 1. The zero-order valence-corrected chi connectivity index (χ0v) is 12.4. The van der Waals surface area contributed by atoms with Crippen molar-refractivity contribution in [2.45, 2.75) is 50.7 Å². The first kappa shape index (κ1) is 15.4. The number of methoxy groups -OCH3 is 1. The van der Waals surface area contributed by atoms with E-state index < -0.39 is 0 Å². The second-order valence-corrected chi connectivity index (χ2v) is 5.97. The van der Waals surface area contributed by atoms with Gasteiger partial charge in [-0.15, -0.1) is 0 Å². The van der Waals surface area contributed by atoms with Crippen molar-refractivity contribution in [3.05, 3.63) is 35.6 Å². The van der Waals surface area contributed by atoms with Crippen LogP contribution in [0.5, 0.6) is 0 Å². The maximum absolute atomic E-state index is 13.8. The van der Waals surface area contributed by atoms with Crippen LogP contribution in [-0.2, 0) is 11.2 Å². The zero-order valence-electron chi connectivity index (χ0n) is 12.4. The summed E-state index contributed by atoms with van der Waals surface area (Å²) in [5, 5.41) is 0. The van der Waals surface area contributed by atoms with Crippen LogP contribution < -0.4 is 11.3 Å². The van der Waals surface area contributed by atoms with E-state index in [1.54, 1.807) is 13.2 Å². The summed E-state index contributed by atoms with van der Waals surface area (Å²) in [7, 11) is 1.74. The predicted octanol–water partition coefficient (Wildman–Crippen LogP) is 2.80. The molecule has 0 spiro atoms. The first-order chi connectivity index (χ1) is 9.61. The molecular weight excluding hydrogens is 255 g/mol. The maximum atomic E-state index is 13.8. The summed E-state index contributed by atoms with van der Waals surface area (Å²) < 4.78 is 19.7. The second-order valence-electron chi connectivity index (χ2n) is 5.97. The molecule has 3 N–H and O–H groups in total. The van der Waals surface area contributed by atoms with E-state index in [1.165, 1.54) is 6.07 Å². The Balaban J connectivity index is 2.16. The Morgan fingerprint density at radius 3 is 2.60 bits per heavy atom. The summed E-state index contributed by atoms with van der Waals surface area (Å²) in [5.41, 5.74) is 3.26. The SMILES string of the molecule is COC1(C(Cc2ccccc2F)NN)CCC(C)CC1. The normalized spacial score (nSPS) is 28.3. The van der Waals surface area contributed by atoms with Gasteiger partial charge in [0.2, 0.25) is 0 Å². The summed E-state index contributed by atoms with van der Waals surface area (Å²) >= 11 is 0. The number of hydrazine groups is 1. The number of halogens is 1. The van der Waals surface area contributed by atoms with Gasteiger partial charge in [-0.05, 0) is 49.7 Å². The lowest BCUT2D eigenvalue weighted by atomic mass is 9.74. The van der Waals surface area contributed by atoms with Gasteiger partial charge in [-0.25, -0.2) is 4.39 Å². The van der Waals surface area contributed by atoms with E-state index in [4.69, 9.17) is 10.6 Å². The van der Waals surface area contributed by atoms with Crippen molar-refractivity contribution in [3.8, 4) is 0 Å². The zero-order chi connectivity index (χ0) is 14.6. The Hall–Kier alpha value is -0.970. The third-order valence-corrected chi connectivity index (χ3v) is 4.75. The smallest absolute Gasteiger partial charge is 0.126 e. The van der Waals surface area contributed by atoms with Crippen LogP contribution in [0, 0.1) is 11.7 Å². The average molecular weight is 280 g/mol. The lowest BCUT2D eigenvalue weighted by molar-refractivity contribution is -0.0747. The maximum Gasteiger partial charge on any atom is 0.126 e. The molecule has 1 atom stereocenters. The highest BCUT2D eigenvalue weighted by Gasteiger charge is 2.41. The number of nitrogens with one attached hydrogen (secondary N) is 1. The number of rotatable bonds is 5. The molecule has 0 amide bonds. The summed E-state index contributed by atoms with van der Waals surface area (Å²) in [5.74, 6) is 6.29. The molecule has 1 saturated carbocycles. The highest BCUT2D eigenvalue weighted by molar-refractivity contribution is 5.19. The Morgan fingerprint density at radius 2 is 2.05 bits per heavy atom. The number of hydrogen-bond acceptors (Lipinski definition) is 3. The molecule has 0 bridgehead atoms. The number of nitrogens with two attached hydrogens (primary N) is 1. The van der Waals surface area contributed by atoms with Gasteiger partial charge in [0.15, 0.2) is 0 Å². The quantitative estimate of drug-likeness (QED) is 0.644. The minimum Gasteiger partial charge on any atom is -0.377 e. The van der Waals surface area contributed by atoms with E-state index >= 15 is 0 Å². The largest absolute Gasteiger partial charge is 0.377 e. The van der Waals surface area contributed by atoms with Crippen molar-refractivity contribution in [1.29, 1.82) is 0 Å². The molecule has 1 aliphatic rings. The van der Waals surface area contributed by atoms with Crippen molar-refractivity contribution < 1.29 is 9.13 Å². The fourth-order valence-electron chi connectivity index (χ4n) is 3.23. The molecule has 0 aromatic heterocycles. The highest BCUT2D eigenvalue weighted by Crippen LogP contribution is 2.37. The van der Waals surface area contributed by atoms with Crippen molar-refractivity contribution in [2.24, 2.45) is 11.8 Å². The molecule has 1 aromatic rings. The summed E-state index contributed by atoms with van der Waals surface area (Å²) in [6.45, 7) is 2.27. The van der Waals surface area contributed by atoms with Crippen molar-refractivity contribution >= 4 is 0 Å². The van der Waals surface area contributed by atoms with Gasteiger partial charge in [0.1, 0.15) is 5.82 Å². The third-order valence-electron chi connectivity index (χ3n) is 4.75. The lowest BCUT2D eigenvalue weighted by Crippen LogP contribution is -2.57. The molecule has 0 aliphatic heterocycles. The van der Waals surface area contributed by atoms with Gasteiger partial charge in [0.05, 0.1) is 11.6 Å². The second kappa shape index (κ2) is 6.66. The van der Waals surface area contributed by atoms with Crippen LogP contribution in [0.3, 0.4) is 0 Å². The van der Waals surface area contributed by atoms with Gasteiger partial charge in [0, 0.05) is 7.11 Å². The highest BCUT2D eigenvalue weighted by atomic mass is 19.1. The van der Waals surface area contributed by atoms with Gasteiger partial charge in [-0.1, -0.05) is 25.1 Å². The Kier molecular flexibility index (Phi) is 5.13. The van der Waals surface area contributed by atoms with Gasteiger partial charge in [0.25, 0.3) is 0 Å². The lowest BCUT2D eigenvalue weighted by Gasteiger charge is -2.43. The fourth-order valence-corrected chi connectivity index (χ4v) is 3.23. The van der Waals surface area contributed by atoms with Crippen LogP contribution in [0.15, 0.2) is 24.3 Å². The van der Waals surface area contributed by atoms with Crippen LogP contribution >= 0.6 is 0 Å². The van der Waals surface area contributed by atoms with Gasteiger partial charge in [-0.2, -0.15) is 0 Å². The molecule has 1 fully saturated rings. The standard InChI is InChI=1S/C16H25FN2O/c1-12-7-9-16(20-2,10-8-12)15(19-18)11-13-5-3-4-6-14(13)17/h3-6,12,15,19H,7-11,18H2,1-2H3. The summed E-state index contributed by atoms with van der Waals surface area (Å²) in [6, 6.07) is 6.80. The molecule has 4 heteroatoms. The summed E-state index contributed by atoms with van der Waals surface area (Å²) in [4.78, 5) is 0. The first-order valence-electron chi connectivity index (χ1n) is 7.36. The van der Waals surface area contributed by atoms with E-state index in [0.29, 0.717) is 12.0 Å². The van der Waals surface area contributed by atoms with E-state index in [0.717, 1.165) is 31.6 Å². The van der Waals surface area contributed by atoms with Crippen molar-refractivity contribution in [2.75, 3.05) is 7.11 Å². The minimum atomic E-state index is -0.288. The Bertz CT molecular complexity index is 430. The van der Waals surface area contributed by atoms with Gasteiger partial charge < -0.3 is 4.74 Å². The predicted molar refractivity (Wildman–Crippen MR) is 78.6 cm³/mol. The topological polar surface area (TPSA) is 47.3 Å².